The zero-order valence-electron chi connectivity index (χ0n) is 15.7. The maximum atomic E-state index is 13.9. The number of nitrogens with zero attached hydrogens (tertiary/aromatic N) is 2. The second kappa shape index (κ2) is 10.5. The summed E-state index contributed by atoms with van der Waals surface area (Å²) in [7, 11) is -1.50. The van der Waals surface area contributed by atoms with E-state index in [1.807, 2.05) is 0 Å². The molecule has 0 aliphatic carbocycles. The molecule has 2 N–H and O–H groups in total. The fraction of sp³-hybridized carbons (Fsp3) is 0.588. The van der Waals surface area contributed by atoms with E-state index in [9.17, 15) is 17.2 Å². The van der Waals surface area contributed by atoms with Crippen LogP contribution in [0.25, 0.3) is 0 Å². The van der Waals surface area contributed by atoms with Crippen molar-refractivity contribution in [2.45, 2.75) is 25.8 Å². The smallest absolute Gasteiger partial charge is 0.211 e. The molecule has 1 aromatic rings. The maximum absolute atomic E-state index is 13.9. The Kier molecular flexibility index (Phi) is 9.35. The van der Waals surface area contributed by atoms with E-state index in [2.05, 4.69) is 15.6 Å². The van der Waals surface area contributed by atoms with Crippen molar-refractivity contribution in [3.63, 3.8) is 0 Å². The lowest BCUT2D eigenvalue weighted by Crippen LogP contribution is -2.44. The average molecular weight is 516 g/mol. The molecule has 6 nitrogen and oxygen atoms in total. The number of nitrogens with one attached hydrogen (secondary N) is 2. The molecule has 1 aliphatic heterocycles. The Morgan fingerprint density at radius 2 is 1.96 bits per heavy atom. The quantitative estimate of drug-likeness (QED) is 0.359. The first kappa shape index (κ1) is 24.0. The van der Waals surface area contributed by atoms with E-state index in [0.29, 0.717) is 37.1 Å². The number of hydrogen-bond acceptors (Lipinski definition) is 3. The summed E-state index contributed by atoms with van der Waals surface area (Å²) in [5.74, 6) is -0.355. The van der Waals surface area contributed by atoms with Crippen molar-refractivity contribution in [3.05, 3.63) is 35.4 Å². The van der Waals surface area contributed by atoms with Gasteiger partial charge in [-0.05, 0) is 31.7 Å². The molecule has 1 saturated heterocycles. The molecule has 154 valence electrons. The van der Waals surface area contributed by atoms with E-state index < -0.39 is 21.7 Å². The molecule has 1 unspecified atom stereocenters. The minimum atomic E-state index is -3.12. The van der Waals surface area contributed by atoms with E-state index in [4.69, 9.17) is 0 Å². The van der Waals surface area contributed by atoms with Crippen molar-refractivity contribution in [3.8, 4) is 0 Å². The lowest BCUT2D eigenvalue weighted by Gasteiger charge is -2.30. The van der Waals surface area contributed by atoms with Crippen LogP contribution < -0.4 is 10.6 Å². The molecule has 0 radical (unpaired) electrons. The van der Waals surface area contributed by atoms with Gasteiger partial charge in [0.05, 0.1) is 12.3 Å². The minimum absolute atomic E-state index is 0. The number of guanidine groups is 1. The van der Waals surface area contributed by atoms with Crippen molar-refractivity contribution >= 4 is 40.0 Å². The molecular formula is C17H27F2IN4O2S. The highest BCUT2D eigenvalue weighted by molar-refractivity contribution is 14.0. The summed E-state index contributed by atoms with van der Waals surface area (Å²) >= 11 is 0. The number of sulfonamides is 1. The number of rotatable bonds is 5. The summed E-state index contributed by atoms with van der Waals surface area (Å²) in [4.78, 5) is 4.13. The van der Waals surface area contributed by atoms with Crippen LogP contribution in [0.5, 0.6) is 0 Å². The normalized spacial score (nSPS) is 17.9. The fourth-order valence-electron chi connectivity index (χ4n) is 3.02. The third-order valence-corrected chi connectivity index (χ3v) is 5.91. The Bertz CT molecular complexity index is 753. The van der Waals surface area contributed by atoms with E-state index in [0.717, 1.165) is 18.9 Å². The molecular weight excluding hydrogens is 489 g/mol. The first-order valence-electron chi connectivity index (χ1n) is 8.58. The zero-order chi connectivity index (χ0) is 19.3. The van der Waals surface area contributed by atoms with Gasteiger partial charge in [-0.15, -0.1) is 24.0 Å². The second-order valence-corrected chi connectivity index (χ2v) is 8.57. The molecule has 10 heteroatoms. The van der Waals surface area contributed by atoms with E-state index >= 15 is 0 Å². The Morgan fingerprint density at radius 1 is 1.33 bits per heavy atom. The average Bonchev–Trinajstić information content (AvgIpc) is 2.58. The molecule has 1 atom stereocenters. The number of halogens is 3. The maximum Gasteiger partial charge on any atom is 0.211 e. The van der Waals surface area contributed by atoms with Gasteiger partial charge < -0.3 is 10.6 Å². The Hall–Kier alpha value is -1.01. The third-order valence-electron chi connectivity index (χ3n) is 4.61. The predicted molar refractivity (Wildman–Crippen MR) is 114 cm³/mol. The van der Waals surface area contributed by atoms with E-state index in [1.165, 1.54) is 22.7 Å². The predicted octanol–water partition coefficient (Wildman–Crippen LogP) is 2.48. The summed E-state index contributed by atoms with van der Waals surface area (Å²) in [6, 6.07) is 3.12. The van der Waals surface area contributed by atoms with Crippen molar-refractivity contribution in [1.29, 1.82) is 0 Å². The van der Waals surface area contributed by atoms with Crippen molar-refractivity contribution in [1.82, 2.24) is 14.9 Å². The van der Waals surface area contributed by atoms with Crippen molar-refractivity contribution in [2.75, 3.05) is 32.9 Å². The molecule has 1 heterocycles. The summed E-state index contributed by atoms with van der Waals surface area (Å²) in [6.45, 7) is 3.46. The first-order chi connectivity index (χ1) is 12.2. The molecule has 27 heavy (non-hydrogen) atoms. The van der Waals surface area contributed by atoms with Crippen LogP contribution in [0.15, 0.2) is 23.2 Å². The summed E-state index contributed by atoms with van der Waals surface area (Å²) < 4.78 is 51.5. The van der Waals surface area contributed by atoms with Crippen LogP contribution in [0, 0.1) is 17.6 Å². The van der Waals surface area contributed by atoms with Gasteiger partial charge in [0.25, 0.3) is 0 Å². The van der Waals surface area contributed by atoms with Gasteiger partial charge in [-0.25, -0.2) is 21.5 Å². The van der Waals surface area contributed by atoms with Gasteiger partial charge in [0, 0.05) is 38.3 Å². The van der Waals surface area contributed by atoms with Gasteiger partial charge in [-0.1, -0.05) is 6.07 Å². The SMILES string of the molecule is CN=C(NCC1CCN(S(C)(=O)=O)CC1)NC(C)c1ccc(F)cc1F.I. The van der Waals surface area contributed by atoms with Crippen LogP contribution >= 0.6 is 24.0 Å². The third kappa shape index (κ3) is 7.15. The standard InChI is InChI=1S/C17H26F2N4O2S.HI/c1-12(15-5-4-14(18)10-16(15)19)22-17(20-2)21-11-13-6-8-23(9-7-13)26(3,24)25;/h4-5,10,12-13H,6-9,11H2,1-3H3,(H2,20,21,22);1H. The summed E-state index contributed by atoms with van der Waals surface area (Å²) in [6.07, 6.45) is 2.78. The fourth-order valence-corrected chi connectivity index (χ4v) is 3.89. The van der Waals surface area contributed by atoms with Crippen LogP contribution in [0.1, 0.15) is 31.4 Å². The highest BCUT2D eigenvalue weighted by Crippen LogP contribution is 2.19. The summed E-state index contributed by atoms with van der Waals surface area (Å²) in [5, 5.41) is 6.28. The topological polar surface area (TPSA) is 73.8 Å². The number of hydrogen-bond donors (Lipinski definition) is 2. The molecule has 0 saturated carbocycles. The zero-order valence-corrected chi connectivity index (χ0v) is 18.9. The molecule has 1 aromatic carbocycles. The first-order valence-corrected chi connectivity index (χ1v) is 10.4. The van der Waals surface area contributed by atoms with Crippen LogP contribution in [0.3, 0.4) is 0 Å². The molecule has 2 rings (SSSR count). The van der Waals surface area contributed by atoms with Crippen molar-refractivity contribution < 1.29 is 17.2 Å². The molecule has 1 aliphatic rings. The van der Waals surface area contributed by atoms with Gasteiger partial charge in [-0.2, -0.15) is 0 Å². The van der Waals surface area contributed by atoms with Crippen LogP contribution in [0.4, 0.5) is 8.78 Å². The molecule has 0 aromatic heterocycles. The van der Waals surface area contributed by atoms with Crippen LogP contribution in [0.2, 0.25) is 0 Å². The molecule has 1 fully saturated rings. The Labute approximate surface area is 176 Å². The highest BCUT2D eigenvalue weighted by Gasteiger charge is 2.25. The Morgan fingerprint density at radius 3 is 2.48 bits per heavy atom. The number of piperidine rings is 1. The largest absolute Gasteiger partial charge is 0.356 e. The number of aliphatic imine (C=N–C) groups is 1. The van der Waals surface area contributed by atoms with Crippen molar-refractivity contribution in [2.24, 2.45) is 10.9 Å². The van der Waals surface area contributed by atoms with Crippen LogP contribution in [-0.4, -0.2) is 51.6 Å². The molecule has 0 amide bonds. The molecule has 0 bridgehead atoms. The highest BCUT2D eigenvalue weighted by atomic mass is 127. The lowest BCUT2D eigenvalue weighted by molar-refractivity contribution is 0.274. The van der Waals surface area contributed by atoms with E-state index in [1.54, 1.807) is 14.0 Å². The van der Waals surface area contributed by atoms with Gasteiger partial charge in [-0.3, -0.25) is 4.99 Å². The van der Waals surface area contributed by atoms with E-state index in [-0.39, 0.29) is 30.0 Å². The summed E-state index contributed by atoms with van der Waals surface area (Å²) in [5.41, 5.74) is 0.357. The van der Waals surface area contributed by atoms with Crippen LogP contribution in [-0.2, 0) is 10.0 Å². The van der Waals surface area contributed by atoms with Gasteiger partial charge in [0.2, 0.25) is 10.0 Å². The van der Waals surface area contributed by atoms with Gasteiger partial charge in [0.15, 0.2) is 5.96 Å². The van der Waals surface area contributed by atoms with Gasteiger partial charge >= 0.3 is 0 Å². The lowest BCUT2D eigenvalue weighted by atomic mass is 9.98. The Balaban J connectivity index is 0.00000364. The monoisotopic (exact) mass is 516 g/mol. The molecule has 0 spiro atoms. The second-order valence-electron chi connectivity index (χ2n) is 6.59. The minimum Gasteiger partial charge on any atom is -0.356 e. The van der Waals surface area contributed by atoms with Gasteiger partial charge in [0.1, 0.15) is 11.6 Å². The number of benzene rings is 1.